The second-order valence-electron chi connectivity index (χ2n) is 2.04. The van der Waals surface area contributed by atoms with E-state index in [0.29, 0.717) is 5.56 Å². The number of rotatable bonds is 2. The van der Waals surface area contributed by atoms with Gasteiger partial charge in [-0.1, -0.05) is 0 Å². The van der Waals surface area contributed by atoms with Gasteiger partial charge in [-0.3, -0.25) is 4.79 Å². The van der Waals surface area contributed by atoms with Gasteiger partial charge < -0.3 is 11.3 Å². The van der Waals surface area contributed by atoms with Crippen LogP contribution in [-0.2, 0) is 16.0 Å². The monoisotopic (exact) mass is 196 g/mol. The van der Waals surface area contributed by atoms with Gasteiger partial charge in [-0.2, -0.15) is 0 Å². The number of hydrogen-bond acceptors (Lipinski definition) is 4. The van der Waals surface area contributed by atoms with Crippen molar-refractivity contribution in [3.63, 3.8) is 0 Å². The van der Waals surface area contributed by atoms with Crippen LogP contribution in [0.2, 0.25) is 0 Å². The van der Waals surface area contributed by atoms with Crippen molar-refractivity contribution in [2.24, 2.45) is 0 Å². The third kappa shape index (κ3) is 3.15. The summed E-state index contributed by atoms with van der Waals surface area (Å²) in [5.74, 6) is -0.167. The largest absolute Gasteiger partial charge is 1.00 e. The van der Waals surface area contributed by atoms with Crippen LogP contribution in [0.3, 0.4) is 0 Å². The van der Waals surface area contributed by atoms with Crippen molar-refractivity contribution < 1.29 is 45.6 Å². The molecule has 1 N–H and O–H groups in total. The molecule has 0 saturated carbocycles. The van der Waals surface area contributed by atoms with Gasteiger partial charge >= 0.3 is 35.5 Å². The van der Waals surface area contributed by atoms with Crippen LogP contribution in [0.15, 0.2) is 10.8 Å². The first-order valence-corrected chi connectivity index (χ1v) is 3.99. The summed E-state index contributed by atoms with van der Waals surface area (Å²) in [7, 11) is 1.33. The van der Waals surface area contributed by atoms with E-state index < -0.39 is 0 Å². The molecule has 1 rings (SSSR count). The molecule has 1 aromatic rings. The molecule has 1 heterocycles. The van der Waals surface area contributed by atoms with Crippen LogP contribution in [0.5, 0.6) is 5.75 Å². The summed E-state index contributed by atoms with van der Waals surface area (Å²) < 4.78 is 4.43. The van der Waals surface area contributed by atoms with Gasteiger partial charge in [0.2, 0.25) is 0 Å². The maximum Gasteiger partial charge on any atom is 1.00 e. The van der Waals surface area contributed by atoms with E-state index in [9.17, 15) is 4.79 Å². The Balaban J connectivity index is 0. The number of carbonyl (C=O) groups is 1. The van der Waals surface area contributed by atoms with Crippen molar-refractivity contribution in [1.82, 2.24) is 0 Å². The Bertz CT molecular complexity index is 264. The van der Waals surface area contributed by atoms with Crippen molar-refractivity contribution in [3.8, 4) is 5.75 Å². The Morgan fingerprint density at radius 3 is 2.83 bits per heavy atom. The van der Waals surface area contributed by atoms with Gasteiger partial charge in [0.05, 0.1) is 13.5 Å². The molecule has 62 valence electrons. The number of hydrogen-bond donors (Lipinski definition) is 1. The van der Waals surface area contributed by atoms with Gasteiger partial charge in [0.1, 0.15) is 5.75 Å². The third-order valence-corrected chi connectivity index (χ3v) is 2.06. The standard InChI is InChI=1S/C7H8O3S.Na.H/c1-10-7(9)2-5-3-11-4-6(5)8;;/h3-4,8H,2H2,1H3;;/q;+1;-1. The first kappa shape index (κ1) is 12.0. The minimum Gasteiger partial charge on any atom is -1.00 e. The van der Waals surface area contributed by atoms with Crippen LogP contribution in [0.25, 0.3) is 0 Å². The molecule has 1 aromatic heterocycles. The maximum atomic E-state index is 10.7. The number of carbonyl (C=O) groups excluding carboxylic acids is 1. The van der Waals surface area contributed by atoms with Gasteiger partial charge in [-0.05, 0) is 5.38 Å². The Hall–Kier alpha value is -0.0300. The summed E-state index contributed by atoms with van der Waals surface area (Å²) in [6, 6.07) is 0. The Kier molecular flexibility index (Phi) is 5.57. The number of ether oxygens (including phenoxy) is 1. The number of thiophene rings is 1. The van der Waals surface area contributed by atoms with E-state index in [0.717, 1.165) is 0 Å². The Labute approximate surface area is 98.1 Å². The summed E-state index contributed by atoms with van der Waals surface area (Å²) in [5.41, 5.74) is 0.627. The van der Waals surface area contributed by atoms with Crippen molar-refractivity contribution in [2.45, 2.75) is 6.42 Å². The molecule has 0 bridgehead atoms. The van der Waals surface area contributed by atoms with Crippen molar-refractivity contribution in [2.75, 3.05) is 7.11 Å². The van der Waals surface area contributed by atoms with Gasteiger partial charge in [0.25, 0.3) is 0 Å². The minimum absolute atomic E-state index is 0. The molecular weight excluding hydrogens is 187 g/mol. The van der Waals surface area contributed by atoms with Gasteiger partial charge in [-0.25, -0.2) is 0 Å². The molecule has 0 radical (unpaired) electrons. The fourth-order valence-electron chi connectivity index (χ4n) is 0.677. The second kappa shape index (κ2) is 5.59. The normalized spacial score (nSPS) is 8.75. The molecule has 0 fully saturated rings. The topological polar surface area (TPSA) is 46.5 Å². The van der Waals surface area contributed by atoms with Crippen LogP contribution < -0.4 is 29.6 Å². The molecule has 0 atom stereocenters. The summed E-state index contributed by atoms with van der Waals surface area (Å²) in [4.78, 5) is 10.7. The summed E-state index contributed by atoms with van der Waals surface area (Å²) in [5, 5.41) is 12.4. The van der Waals surface area contributed by atoms with Crippen LogP contribution in [-0.4, -0.2) is 18.2 Å². The van der Waals surface area contributed by atoms with Gasteiger partial charge in [-0.15, -0.1) is 11.3 Å². The van der Waals surface area contributed by atoms with Crippen molar-refractivity contribution in [1.29, 1.82) is 0 Å². The number of esters is 1. The molecule has 0 aliphatic heterocycles. The van der Waals surface area contributed by atoms with Gasteiger partial charge in [0, 0.05) is 10.9 Å². The summed E-state index contributed by atoms with van der Waals surface area (Å²) in [6.07, 6.45) is 0.145. The average molecular weight is 196 g/mol. The smallest absolute Gasteiger partial charge is 1.00 e. The van der Waals surface area contributed by atoms with Crippen molar-refractivity contribution >= 4 is 17.3 Å². The van der Waals surface area contributed by atoms with Crippen LogP contribution in [0, 0.1) is 0 Å². The average Bonchev–Trinajstić information content (AvgIpc) is 2.37. The van der Waals surface area contributed by atoms with Crippen LogP contribution in [0.1, 0.15) is 6.99 Å². The van der Waals surface area contributed by atoms with Crippen LogP contribution in [0.4, 0.5) is 0 Å². The molecule has 0 aliphatic rings. The molecule has 0 spiro atoms. The number of methoxy groups -OCH3 is 1. The molecule has 0 aromatic carbocycles. The van der Waals surface area contributed by atoms with E-state index in [4.69, 9.17) is 5.11 Å². The number of aromatic hydroxyl groups is 1. The molecule has 3 nitrogen and oxygen atoms in total. The fourth-order valence-corrected chi connectivity index (χ4v) is 1.39. The van der Waals surface area contributed by atoms with E-state index in [-0.39, 0.29) is 49.1 Å². The van der Waals surface area contributed by atoms with E-state index >= 15 is 0 Å². The first-order chi connectivity index (χ1) is 5.24. The maximum absolute atomic E-state index is 10.7. The van der Waals surface area contributed by atoms with E-state index in [1.807, 2.05) is 0 Å². The minimum atomic E-state index is -0.335. The summed E-state index contributed by atoms with van der Waals surface area (Å²) in [6.45, 7) is 0. The molecule has 0 unspecified atom stereocenters. The van der Waals surface area contributed by atoms with E-state index in [2.05, 4.69) is 4.74 Å². The van der Waals surface area contributed by atoms with E-state index in [1.165, 1.54) is 18.4 Å². The summed E-state index contributed by atoms with van der Waals surface area (Å²) >= 11 is 1.36. The Morgan fingerprint density at radius 1 is 1.75 bits per heavy atom. The molecule has 12 heavy (non-hydrogen) atoms. The first-order valence-electron chi connectivity index (χ1n) is 3.05. The SMILES string of the molecule is COC(=O)Cc1cscc1O.[H-].[Na+]. The Morgan fingerprint density at radius 2 is 2.42 bits per heavy atom. The quantitative estimate of drug-likeness (QED) is 0.452. The second-order valence-corrected chi connectivity index (χ2v) is 2.78. The molecule has 0 amide bonds. The fraction of sp³-hybridized carbons (Fsp3) is 0.286. The predicted octanol–water partition coefficient (Wildman–Crippen LogP) is -1.71. The van der Waals surface area contributed by atoms with E-state index in [1.54, 1.807) is 10.8 Å². The predicted molar refractivity (Wildman–Crippen MR) is 42.8 cm³/mol. The zero-order valence-electron chi connectivity index (χ0n) is 8.03. The molecule has 0 aliphatic carbocycles. The van der Waals surface area contributed by atoms with Crippen molar-refractivity contribution in [3.05, 3.63) is 16.3 Å². The van der Waals surface area contributed by atoms with Crippen LogP contribution >= 0.6 is 11.3 Å². The molecule has 0 saturated heterocycles. The zero-order chi connectivity index (χ0) is 8.27. The molecular formula is C7H9NaO3S. The van der Waals surface area contributed by atoms with Gasteiger partial charge in [0.15, 0.2) is 0 Å². The zero-order valence-corrected chi connectivity index (χ0v) is 9.85. The third-order valence-electron chi connectivity index (χ3n) is 1.28. The molecule has 5 heteroatoms.